The van der Waals surface area contributed by atoms with Crippen molar-refractivity contribution in [2.45, 2.75) is 0 Å². The zero-order chi connectivity index (χ0) is 5.11. The van der Waals surface area contributed by atoms with E-state index in [0.29, 0.717) is 0 Å². The Labute approximate surface area is 39.2 Å². The molecule has 1 heterocycles. The summed E-state index contributed by atoms with van der Waals surface area (Å²) in [6.45, 7) is 0. The van der Waals surface area contributed by atoms with Crippen molar-refractivity contribution in [2.75, 3.05) is 0 Å². The van der Waals surface area contributed by atoms with E-state index in [1.807, 2.05) is 0 Å². The van der Waals surface area contributed by atoms with Crippen molar-refractivity contribution in [3.8, 4) is 0 Å². The molecule has 0 fully saturated rings. The van der Waals surface area contributed by atoms with Gasteiger partial charge in [-0.1, -0.05) is 5.10 Å². The monoisotopic (exact) mass is 98.0 g/mol. The van der Waals surface area contributed by atoms with E-state index >= 15 is 0 Å². The molecule has 0 radical (unpaired) electrons. The molecule has 0 saturated carbocycles. The van der Waals surface area contributed by atoms with Gasteiger partial charge in [0.1, 0.15) is 6.20 Å². The van der Waals surface area contributed by atoms with Crippen molar-refractivity contribution in [1.82, 2.24) is 15.4 Å². The fraction of sp³-hybridized carbons (Fsp3) is 0. The molecule has 5 nitrogen and oxygen atoms in total. The molecule has 0 aromatic carbocycles. The van der Waals surface area contributed by atoms with Gasteiger partial charge < -0.3 is 5.21 Å². The van der Waals surface area contributed by atoms with E-state index in [2.05, 4.69) is 15.4 Å². The highest BCUT2D eigenvalue weighted by Crippen LogP contribution is 1.52. The third-order valence-electron chi connectivity index (χ3n) is 0.427. The Bertz CT molecular complexity index is 140. The first-order chi connectivity index (χ1) is 3.39. The Balaban J connectivity index is 3.02. The molecular weight excluding hydrogens is 96.0 g/mol. The maximum Gasteiger partial charge on any atom is 0.190 e. The van der Waals surface area contributed by atoms with Gasteiger partial charge in [0, 0.05) is 0 Å². The molecule has 1 aromatic heterocycles. The molecule has 5 heteroatoms. The topological polar surface area (TPSA) is 65.6 Å². The summed E-state index contributed by atoms with van der Waals surface area (Å²) in [4.78, 5) is 0.139. The second kappa shape index (κ2) is 1.46. The van der Waals surface area contributed by atoms with Gasteiger partial charge in [0.25, 0.3) is 0 Å². The van der Waals surface area contributed by atoms with Gasteiger partial charge in [-0.2, -0.15) is 0 Å². The summed E-state index contributed by atoms with van der Waals surface area (Å²) >= 11 is 0. The number of rotatable bonds is 0. The fourth-order valence-corrected chi connectivity index (χ4v) is 0.214. The van der Waals surface area contributed by atoms with Crippen molar-refractivity contribution in [1.29, 1.82) is 0 Å². The molecule has 7 heavy (non-hydrogen) atoms. The molecule has 0 aliphatic carbocycles. The van der Waals surface area contributed by atoms with Crippen LogP contribution in [-0.2, 0) is 0 Å². The van der Waals surface area contributed by atoms with Gasteiger partial charge in [-0.25, -0.2) is 0 Å². The van der Waals surface area contributed by atoms with Crippen molar-refractivity contribution in [3.63, 3.8) is 0 Å². The van der Waals surface area contributed by atoms with Gasteiger partial charge in [-0.15, -0.1) is 0 Å². The summed E-state index contributed by atoms with van der Waals surface area (Å²) in [5.41, 5.74) is 0. The van der Waals surface area contributed by atoms with Gasteiger partial charge in [0.15, 0.2) is 11.4 Å². The van der Waals surface area contributed by atoms with Gasteiger partial charge in [0.05, 0.1) is 5.10 Å². The predicted octanol–water partition coefficient (Wildman–Crippen LogP) is -1.50. The maximum absolute atomic E-state index is 9.90. The maximum atomic E-state index is 9.90. The molecule has 0 unspecified atom stereocenters. The standard InChI is InChI=1S/C2H2N4O/c7-6-4-2-1-3-5-6/h1-2H. The molecule has 36 valence electrons. The Kier molecular flexibility index (Phi) is 0.816. The summed E-state index contributed by atoms with van der Waals surface area (Å²) in [7, 11) is 0. The normalized spacial score (nSPS) is 8.57. The molecular formula is C2H2N4O. The average Bonchev–Trinajstić information content (AvgIpc) is 1.69. The highest BCUT2D eigenvalue weighted by Gasteiger charge is 1.79. The second-order valence-electron chi connectivity index (χ2n) is 0.871. The molecule has 1 rings (SSSR count). The van der Waals surface area contributed by atoms with E-state index < -0.39 is 0 Å². The van der Waals surface area contributed by atoms with E-state index in [1.165, 1.54) is 12.4 Å². The summed E-state index contributed by atoms with van der Waals surface area (Å²) in [5, 5.41) is 19.3. The number of aromatic nitrogens is 4. The van der Waals surface area contributed by atoms with Crippen LogP contribution < -0.4 is 4.96 Å². The second-order valence-corrected chi connectivity index (χ2v) is 0.871. The summed E-state index contributed by atoms with van der Waals surface area (Å²) in [6, 6.07) is 0. The van der Waals surface area contributed by atoms with Crippen LogP contribution in [0.25, 0.3) is 0 Å². The molecule has 0 amide bonds. The third-order valence-corrected chi connectivity index (χ3v) is 0.427. The Morgan fingerprint density at radius 2 is 2.29 bits per heavy atom. The molecule has 0 saturated heterocycles. The van der Waals surface area contributed by atoms with E-state index in [1.54, 1.807) is 0 Å². The molecule has 1 aromatic rings. The van der Waals surface area contributed by atoms with Crippen LogP contribution >= 0.6 is 0 Å². The first-order valence-corrected chi connectivity index (χ1v) is 1.63. The lowest BCUT2D eigenvalue weighted by Gasteiger charge is -1.84. The molecule has 0 N–H and O–H groups in total. The first-order valence-electron chi connectivity index (χ1n) is 1.63. The van der Waals surface area contributed by atoms with Gasteiger partial charge >= 0.3 is 0 Å². The van der Waals surface area contributed by atoms with Crippen molar-refractivity contribution < 1.29 is 4.96 Å². The minimum Gasteiger partial charge on any atom is -0.671 e. The molecule has 0 bridgehead atoms. The molecule has 0 atom stereocenters. The molecule has 0 aliphatic rings. The van der Waals surface area contributed by atoms with E-state index in [0.717, 1.165) is 0 Å². The quantitative estimate of drug-likeness (QED) is 0.293. The summed E-state index contributed by atoms with van der Waals surface area (Å²) in [5.74, 6) is 0. The van der Waals surface area contributed by atoms with Crippen LogP contribution in [0.2, 0.25) is 0 Å². The smallest absolute Gasteiger partial charge is 0.190 e. The summed E-state index contributed by atoms with van der Waals surface area (Å²) < 4.78 is 0. The average molecular weight is 98.1 g/mol. The van der Waals surface area contributed by atoms with Crippen LogP contribution in [0.15, 0.2) is 12.4 Å². The van der Waals surface area contributed by atoms with Crippen LogP contribution in [0.5, 0.6) is 0 Å². The highest BCUT2D eigenvalue weighted by atomic mass is 16.5. The van der Waals surface area contributed by atoms with Crippen LogP contribution in [0.1, 0.15) is 0 Å². The minimum absolute atomic E-state index is 0.139. The SMILES string of the molecule is [O-][n+]1nccnn1. The lowest BCUT2D eigenvalue weighted by atomic mass is 11.0. The van der Waals surface area contributed by atoms with Crippen molar-refractivity contribution in [2.24, 2.45) is 0 Å². The summed E-state index contributed by atoms with van der Waals surface area (Å²) in [6.07, 6.45) is 2.59. The highest BCUT2D eigenvalue weighted by molar-refractivity contribution is 4.51. The zero-order valence-electron chi connectivity index (χ0n) is 3.35. The van der Waals surface area contributed by atoms with Gasteiger partial charge in [-0.05, 0) is 4.96 Å². The number of hydrogen-bond donors (Lipinski definition) is 0. The molecule has 0 spiro atoms. The van der Waals surface area contributed by atoms with E-state index in [9.17, 15) is 5.21 Å². The van der Waals surface area contributed by atoms with Crippen LogP contribution in [0.4, 0.5) is 0 Å². The lowest BCUT2D eigenvalue weighted by molar-refractivity contribution is -0.734. The molecule has 0 aliphatic heterocycles. The number of nitrogens with zero attached hydrogens (tertiary/aromatic N) is 4. The Morgan fingerprint density at radius 3 is 2.57 bits per heavy atom. The third kappa shape index (κ3) is 0.783. The largest absolute Gasteiger partial charge is 0.671 e. The predicted molar refractivity (Wildman–Crippen MR) is 18.8 cm³/mol. The van der Waals surface area contributed by atoms with Crippen LogP contribution in [0, 0.1) is 5.21 Å². The van der Waals surface area contributed by atoms with Crippen LogP contribution in [0.3, 0.4) is 0 Å². The van der Waals surface area contributed by atoms with Crippen molar-refractivity contribution in [3.05, 3.63) is 17.6 Å². The zero-order valence-corrected chi connectivity index (χ0v) is 3.35. The van der Waals surface area contributed by atoms with Crippen LogP contribution in [-0.4, -0.2) is 15.4 Å². The number of hydrogen-bond acceptors (Lipinski definition) is 4. The Hall–Kier alpha value is -1.26. The van der Waals surface area contributed by atoms with E-state index in [4.69, 9.17) is 0 Å². The van der Waals surface area contributed by atoms with Crippen molar-refractivity contribution >= 4 is 0 Å². The van der Waals surface area contributed by atoms with E-state index in [-0.39, 0.29) is 4.96 Å². The van der Waals surface area contributed by atoms with Gasteiger partial charge in [0.2, 0.25) is 0 Å². The van der Waals surface area contributed by atoms with Gasteiger partial charge in [-0.3, -0.25) is 0 Å². The fourth-order valence-electron chi connectivity index (χ4n) is 0.214. The lowest BCUT2D eigenvalue weighted by Crippen LogP contribution is -2.35. The Morgan fingerprint density at radius 1 is 1.43 bits per heavy atom. The minimum atomic E-state index is 0.139. The first kappa shape index (κ1) is 3.91.